The van der Waals surface area contributed by atoms with Crippen LogP contribution < -0.4 is 10.1 Å². The molecule has 1 N–H and O–H groups in total. The third-order valence-corrected chi connectivity index (χ3v) is 7.49. The second kappa shape index (κ2) is 10.8. The molecule has 178 valence electrons. The monoisotopic (exact) mass is 505 g/mol. The molecule has 0 saturated carbocycles. The molecule has 0 aliphatic rings. The smallest absolute Gasteiger partial charge is 0.228 e. The van der Waals surface area contributed by atoms with E-state index in [0.29, 0.717) is 22.0 Å². The number of hydrogen-bond acceptors (Lipinski definition) is 4. The van der Waals surface area contributed by atoms with Gasteiger partial charge in [-0.2, -0.15) is 0 Å². The van der Waals surface area contributed by atoms with E-state index in [2.05, 4.69) is 5.32 Å². The second-order valence-electron chi connectivity index (χ2n) is 7.88. The van der Waals surface area contributed by atoms with E-state index < -0.39 is 9.84 Å². The largest absolute Gasteiger partial charge is 0.457 e. The number of carbonyl (C=O) groups excluding carboxylic acids is 1. The molecule has 0 spiro atoms. The first-order valence-electron chi connectivity index (χ1n) is 11.1. The van der Waals surface area contributed by atoms with Crippen LogP contribution in [0.5, 0.6) is 11.5 Å². The van der Waals surface area contributed by atoms with E-state index >= 15 is 0 Å². The first-order valence-corrected chi connectivity index (χ1v) is 13.1. The number of para-hydroxylation sites is 2. The molecule has 0 fully saturated rings. The lowest BCUT2D eigenvalue weighted by Crippen LogP contribution is -2.14. The Labute approximate surface area is 210 Å². The second-order valence-corrected chi connectivity index (χ2v) is 10.6. The Morgan fingerprint density at radius 2 is 1.54 bits per heavy atom. The predicted molar refractivity (Wildman–Crippen MR) is 140 cm³/mol. The van der Waals surface area contributed by atoms with Crippen molar-refractivity contribution >= 4 is 33.0 Å². The van der Waals surface area contributed by atoms with E-state index in [4.69, 9.17) is 16.3 Å². The SMILES string of the molecule is CCS(=O)(=O)c1ccc(CC(=O)Nc2ccc(-c3ccccc3Oc3ccccc3)c(Cl)c2)cc1. The lowest BCUT2D eigenvalue weighted by molar-refractivity contribution is -0.115. The molecule has 0 aliphatic heterocycles. The zero-order chi connectivity index (χ0) is 24.8. The molecule has 35 heavy (non-hydrogen) atoms. The van der Waals surface area contributed by atoms with E-state index in [1.807, 2.05) is 60.7 Å². The van der Waals surface area contributed by atoms with E-state index in [-0.39, 0.29) is 23.0 Å². The van der Waals surface area contributed by atoms with Gasteiger partial charge in [-0.3, -0.25) is 4.79 Å². The summed E-state index contributed by atoms with van der Waals surface area (Å²) in [7, 11) is -3.27. The van der Waals surface area contributed by atoms with Gasteiger partial charge < -0.3 is 10.1 Å². The summed E-state index contributed by atoms with van der Waals surface area (Å²) in [5.74, 6) is 1.20. The predicted octanol–water partition coefficient (Wildman–Crippen LogP) is 6.77. The molecule has 0 unspecified atom stereocenters. The number of ether oxygens (including phenoxy) is 1. The maximum atomic E-state index is 12.6. The quantitative estimate of drug-likeness (QED) is 0.286. The van der Waals surface area contributed by atoms with E-state index in [1.165, 1.54) is 12.1 Å². The van der Waals surface area contributed by atoms with Gasteiger partial charge in [-0.1, -0.05) is 73.1 Å². The third-order valence-electron chi connectivity index (χ3n) is 5.43. The highest BCUT2D eigenvalue weighted by Gasteiger charge is 2.14. The van der Waals surface area contributed by atoms with Crippen LogP contribution in [0, 0.1) is 0 Å². The summed E-state index contributed by atoms with van der Waals surface area (Å²) in [5, 5.41) is 3.32. The molecule has 0 aromatic heterocycles. The number of rotatable bonds is 8. The summed E-state index contributed by atoms with van der Waals surface area (Å²) >= 11 is 6.59. The molecule has 0 saturated heterocycles. The lowest BCUT2D eigenvalue weighted by atomic mass is 10.0. The number of amides is 1. The maximum absolute atomic E-state index is 12.6. The minimum Gasteiger partial charge on any atom is -0.457 e. The fourth-order valence-corrected chi connectivity index (χ4v) is 4.74. The number of hydrogen-bond donors (Lipinski definition) is 1. The van der Waals surface area contributed by atoms with E-state index in [1.54, 1.807) is 31.2 Å². The average Bonchev–Trinajstić information content (AvgIpc) is 2.86. The van der Waals surface area contributed by atoms with Gasteiger partial charge in [0.1, 0.15) is 11.5 Å². The molecule has 0 atom stereocenters. The molecule has 0 aliphatic carbocycles. The van der Waals surface area contributed by atoms with Gasteiger partial charge in [0.25, 0.3) is 0 Å². The van der Waals surface area contributed by atoms with Crippen molar-refractivity contribution in [3.63, 3.8) is 0 Å². The molecular formula is C28H24ClNO4S. The minimum absolute atomic E-state index is 0.0342. The van der Waals surface area contributed by atoms with Crippen molar-refractivity contribution in [2.24, 2.45) is 0 Å². The van der Waals surface area contributed by atoms with Crippen molar-refractivity contribution in [3.8, 4) is 22.6 Å². The Balaban J connectivity index is 1.47. The van der Waals surface area contributed by atoms with Gasteiger partial charge in [0, 0.05) is 16.8 Å². The number of carbonyl (C=O) groups is 1. The molecule has 0 heterocycles. The van der Waals surface area contributed by atoms with Crippen molar-refractivity contribution in [2.45, 2.75) is 18.2 Å². The fourth-order valence-electron chi connectivity index (χ4n) is 3.58. The summed E-state index contributed by atoms with van der Waals surface area (Å²) in [6.45, 7) is 1.60. The zero-order valence-corrected chi connectivity index (χ0v) is 20.6. The Bertz CT molecular complexity index is 1440. The molecule has 5 nitrogen and oxygen atoms in total. The van der Waals surface area contributed by atoms with Gasteiger partial charge >= 0.3 is 0 Å². The topological polar surface area (TPSA) is 72.5 Å². The van der Waals surface area contributed by atoms with E-state index in [0.717, 1.165) is 16.9 Å². The van der Waals surface area contributed by atoms with Crippen LogP contribution >= 0.6 is 11.6 Å². The number of sulfone groups is 1. The van der Waals surface area contributed by atoms with Crippen molar-refractivity contribution < 1.29 is 17.9 Å². The Morgan fingerprint density at radius 3 is 2.23 bits per heavy atom. The van der Waals surface area contributed by atoms with Crippen LogP contribution in [0.4, 0.5) is 5.69 Å². The summed E-state index contributed by atoms with van der Waals surface area (Å²) in [5.41, 5.74) is 2.90. The fraction of sp³-hybridized carbons (Fsp3) is 0.107. The van der Waals surface area contributed by atoms with Crippen molar-refractivity contribution in [2.75, 3.05) is 11.1 Å². The van der Waals surface area contributed by atoms with Gasteiger partial charge in [-0.25, -0.2) is 8.42 Å². The Kier molecular flexibility index (Phi) is 7.54. The normalized spacial score (nSPS) is 11.1. The van der Waals surface area contributed by atoms with Crippen LogP contribution in [0.2, 0.25) is 5.02 Å². The van der Waals surface area contributed by atoms with E-state index in [9.17, 15) is 13.2 Å². The molecule has 7 heteroatoms. The highest BCUT2D eigenvalue weighted by Crippen LogP contribution is 2.38. The minimum atomic E-state index is -3.27. The van der Waals surface area contributed by atoms with Crippen LogP contribution in [0.1, 0.15) is 12.5 Å². The van der Waals surface area contributed by atoms with Crippen LogP contribution in [-0.2, 0) is 21.1 Å². The number of benzene rings is 4. The molecular weight excluding hydrogens is 482 g/mol. The summed E-state index contributed by atoms with van der Waals surface area (Å²) in [4.78, 5) is 12.8. The highest BCUT2D eigenvalue weighted by atomic mass is 35.5. The summed E-state index contributed by atoms with van der Waals surface area (Å²) < 4.78 is 30.0. The average molecular weight is 506 g/mol. The van der Waals surface area contributed by atoms with Gasteiger partial charge in [-0.05, 0) is 48.0 Å². The number of halogens is 1. The number of nitrogens with one attached hydrogen (secondary N) is 1. The zero-order valence-electron chi connectivity index (χ0n) is 19.1. The standard InChI is InChI=1S/C28H24ClNO4S/c1-2-35(32,33)23-15-12-20(13-16-23)18-28(31)30-21-14-17-24(26(29)19-21)25-10-6-7-11-27(25)34-22-8-4-3-5-9-22/h3-17,19H,2,18H2,1H3,(H,30,31). The van der Waals surface area contributed by atoms with Crippen molar-refractivity contribution in [1.82, 2.24) is 0 Å². The molecule has 0 radical (unpaired) electrons. The van der Waals surface area contributed by atoms with Gasteiger partial charge in [0.05, 0.1) is 22.1 Å². The molecule has 4 aromatic carbocycles. The molecule has 1 amide bonds. The van der Waals surface area contributed by atoms with Crippen LogP contribution in [-0.4, -0.2) is 20.1 Å². The Morgan fingerprint density at radius 1 is 0.857 bits per heavy atom. The van der Waals surface area contributed by atoms with Crippen LogP contribution in [0.15, 0.2) is 102 Å². The van der Waals surface area contributed by atoms with Gasteiger partial charge in [0.15, 0.2) is 9.84 Å². The highest BCUT2D eigenvalue weighted by molar-refractivity contribution is 7.91. The molecule has 0 bridgehead atoms. The first kappa shape index (κ1) is 24.5. The van der Waals surface area contributed by atoms with Crippen LogP contribution in [0.3, 0.4) is 0 Å². The lowest BCUT2D eigenvalue weighted by Gasteiger charge is -2.14. The molecule has 4 rings (SSSR count). The number of anilines is 1. The Hall–Kier alpha value is -3.61. The van der Waals surface area contributed by atoms with Crippen LogP contribution in [0.25, 0.3) is 11.1 Å². The molecule has 4 aromatic rings. The van der Waals surface area contributed by atoms with Crippen molar-refractivity contribution in [1.29, 1.82) is 0 Å². The van der Waals surface area contributed by atoms with Crippen molar-refractivity contribution in [3.05, 3.63) is 108 Å². The summed E-state index contributed by atoms with van der Waals surface area (Å²) in [6, 6.07) is 28.8. The summed E-state index contributed by atoms with van der Waals surface area (Å²) in [6.07, 6.45) is 0.111. The first-order chi connectivity index (χ1) is 16.9. The van der Waals surface area contributed by atoms with Gasteiger partial charge in [-0.15, -0.1) is 0 Å². The maximum Gasteiger partial charge on any atom is 0.228 e. The third kappa shape index (κ3) is 6.10. The van der Waals surface area contributed by atoms with Gasteiger partial charge in [0.2, 0.25) is 5.91 Å².